The molecule has 0 bridgehead atoms. The minimum absolute atomic E-state index is 0.704. The SMILES string of the molecule is c1ccc(Oc2cccc(NCc3cccc(-c4ncccn4)c3)c2)cc1. The molecule has 1 heterocycles. The van der Waals surface area contributed by atoms with Crippen LogP contribution in [-0.2, 0) is 6.54 Å². The predicted molar refractivity (Wildman–Crippen MR) is 108 cm³/mol. The van der Waals surface area contributed by atoms with Gasteiger partial charge < -0.3 is 10.1 Å². The van der Waals surface area contributed by atoms with E-state index in [9.17, 15) is 0 Å². The van der Waals surface area contributed by atoms with Crippen LogP contribution in [0.25, 0.3) is 11.4 Å². The van der Waals surface area contributed by atoms with Crippen molar-refractivity contribution >= 4 is 5.69 Å². The van der Waals surface area contributed by atoms with E-state index in [1.165, 1.54) is 0 Å². The van der Waals surface area contributed by atoms with Crippen molar-refractivity contribution in [2.24, 2.45) is 0 Å². The number of para-hydroxylation sites is 1. The Morgan fingerprint density at radius 3 is 2.33 bits per heavy atom. The van der Waals surface area contributed by atoms with Gasteiger partial charge in [-0.15, -0.1) is 0 Å². The van der Waals surface area contributed by atoms with Crippen molar-refractivity contribution < 1.29 is 4.74 Å². The summed E-state index contributed by atoms with van der Waals surface area (Å²) in [4.78, 5) is 8.62. The van der Waals surface area contributed by atoms with Gasteiger partial charge in [-0.05, 0) is 42.0 Å². The molecule has 0 fully saturated rings. The lowest BCUT2D eigenvalue weighted by molar-refractivity contribution is 0.483. The molecule has 27 heavy (non-hydrogen) atoms. The van der Waals surface area contributed by atoms with E-state index in [4.69, 9.17) is 4.74 Å². The molecular formula is C23H19N3O. The van der Waals surface area contributed by atoms with E-state index < -0.39 is 0 Å². The molecule has 4 nitrogen and oxygen atoms in total. The van der Waals surface area contributed by atoms with Crippen LogP contribution in [0.2, 0.25) is 0 Å². The van der Waals surface area contributed by atoms with Crippen LogP contribution in [0.15, 0.2) is 97.3 Å². The van der Waals surface area contributed by atoms with E-state index >= 15 is 0 Å². The van der Waals surface area contributed by atoms with Crippen LogP contribution in [0.4, 0.5) is 5.69 Å². The Balaban J connectivity index is 1.44. The average molecular weight is 353 g/mol. The molecule has 0 aliphatic rings. The van der Waals surface area contributed by atoms with E-state index in [2.05, 4.69) is 27.4 Å². The van der Waals surface area contributed by atoms with Crippen LogP contribution in [0.1, 0.15) is 5.56 Å². The van der Waals surface area contributed by atoms with E-state index in [-0.39, 0.29) is 0 Å². The highest BCUT2D eigenvalue weighted by atomic mass is 16.5. The van der Waals surface area contributed by atoms with Gasteiger partial charge in [0.2, 0.25) is 0 Å². The predicted octanol–water partition coefficient (Wildman–Crippen LogP) is 5.55. The highest BCUT2D eigenvalue weighted by molar-refractivity contribution is 5.56. The number of hydrogen-bond acceptors (Lipinski definition) is 4. The molecule has 4 heteroatoms. The maximum absolute atomic E-state index is 5.89. The standard InChI is InChI=1S/C23H19N3O/c1-2-10-21(11-3-1)27-22-12-5-9-20(16-22)26-17-18-7-4-8-19(15-18)23-24-13-6-14-25-23/h1-16,26H,17H2. The second-order valence-electron chi connectivity index (χ2n) is 6.07. The molecule has 0 saturated carbocycles. The second-order valence-corrected chi connectivity index (χ2v) is 6.07. The molecule has 0 atom stereocenters. The van der Waals surface area contributed by atoms with Crippen LogP contribution in [-0.4, -0.2) is 9.97 Å². The minimum atomic E-state index is 0.704. The molecule has 4 rings (SSSR count). The van der Waals surface area contributed by atoms with Crippen molar-refractivity contribution in [3.63, 3.8) is 0 Å². The summed E-state index contributed by atoms with van der Waals surface area (Å²) in [5, 5.41) is 3.44. The van der Waals surface area contributed by atoms with Gasteiger partial charge in [0.1, 0.15) is 11.5 Å². The third kappa shape index (κ3) is 4.50. The Labute approximate surface area is 158 Å². The molecular weight excluding hydrogens is 334 g/mol. The van der Waals surface area contributed by atoms with Crippen molar-refractivity contribution in [3.8, 4) is 22.9 Å². The molecule has 1 aromatic heterocycles. The summed E-state index contributed by atoms with van der Waals surface area (Å²) in [7, 11) is 0. The van der Waals surface area contributed by atoms with Crippen molar-refractivity contribution in [2.45, 2.75) is 6.54 Å². The Morgan fingerprint density at radius 1 is 0.704 bits per heavy atom. The number of benzene rings is 3. The Hall–Kier alpha value is -3.66. The molecule has 4 aromatic rings. The number of hydrogen-bond donors (Lipinski definition) is 1. The fourth-order valence-electron chi connectivity index (χ4n) is 2.77. The molecule has 0 spiro atoms. The van der Waals surface area contributed by atoms with Gasteiger partial charge in [-0.2, -0.15) is 0 Å². The number of nitrogens with one attached hydrogen (secondary N) is 1. The smallest absolute Gasteiger partial charge is 0.159 e. The van der Waals surface area contributed by atoms with Crippen molar-refractivity contribution in [1.82, 2.24) is 9.97 Å². The number of anilines is 1. The van der Waals surface area contributed by atoms with Gasteiger partial charge in [-0.3, -0.25) is 0 Å². The highest BCUT2D eigenvalue weighted by Crippen LogP contribution is 2.24. The molecule has 0 aliphatic heterocycles. The van der Waals surface area contributed by atoms with Gasteiger partial charge in [-0.1, -0.05) is 42.5 Å². The van der Waals surface area contributed by atoms with E-state index in [1.807, 2.05) is 72.8 Å². The first-order valence-corrected chi connectivity index (χ1v) is 8.80. The fourth-order valence-corrected chi connectivity index (χ4v) is 2.77. The van der Waals surface area contributed by atoms with Gasteiger partial charge in [0, 0.05) is 36.3 Å². The summed E-state index contributed by atoms with van der Waals surface area (Å²) in [6.45, 7) is 0.704. The highest BCUT2D eigenvalue weighted by Gasteiger charge is 2.03. The summed E-state index contributed by atoms with van der Waals surface area (Å²) >= 11 is 0. The van der Waals surface area contributed by atoms with E-state index in [1.54, 1.807) is 12.4 Å². The number of rotatable bonds is 6. The zero-order valence-corrected chi connectivity index (χ0v) is 14.7. The Bertz CT molecular complexity index is 1000. The van der Waals surface area contributed by atoms with E-state index in [0.717, 1.165) is 34.1 Å². The molecule has 0 unspecified atom stereocenters. The average Bonchev–Trinajstić information content (AvgIpc) is 2.74. The zero-order valence-electron chi connectivity index (χ0n) is 14.7. The maximum atomic E-state index is 5.89. The van der Waals surface area contributed by atoms with Crippen LogP contribution in [0.5, 0.6) is 11.5 Å². The summed E-state index contributed by atoms with van der Waals surface area (Å²) in [5.41, 5.74) is 3.18. The summed E-state index contributed by atoms with van der Waals surface area (Å²) in [6.07, 6.45) is 3.51. The van der Waals surface area contributed by atoms with Gasteiger partial charge in [-0.25, -0.2) is 9.97 Å². The molecule has 0 amide bonds. The lowest BCUT2D eigenvalue weighted by Crippen LogP contribution is -2.00. The molecule has 0 saturated heterocycles. The second kappa shape index (κ2) is 8.15. The monoisotopic (exact) mass is 353 g/mol. The topological polar surface area (TPSA) is 47.0 Å². The van der Waals surface area contributed by atoms with Gasteiger partial charge >= 0.3 is 0 Å². The summed E-state index contributed by atoms with van der Waals surface area (Å²) in [6, 6.07) is 27.8. The molecule has 132 valence electrons. The zero-order chi connectivity index (χ0) is 18.3. The van der Waals surface area contributed by atoms with E-state index in [0.29, 0.717) is 6.54 Å². The lowest BCUT2D eigenvalue weighted by Gasteiger charge is -2.10. The first kappa shape index (κ1) is 16.8. The quantitative estimate of drug-likeness (QED) is 0.494. The Kier molecular flexibility index (Phi) is 5.07. The molecule has 1 N–H and O–H groups in total. The maximum Gasteiger partial charge on any atom is 0.159 e. The lowest BCUT2D eigenvalue weighted by atomic mass is 10.1. The minimum Gasteiger partial charge on any atom is -0.457 e. The first-order chi connectivity index (χ1) is 13.4. The Morgan fingerprint density at radius 2 is 1.48 bits per heavy atom. The van der Waals surface area contributed by atoms with Crippen LogP contribution in [0.3, 0.4) is 0 Å². The van der Waals surface area contributed by atoms with Crippen molar-refractivity contribution in [2.75, 3.05) is 5.32 Å². The van der Waals surface area contributed by atoms with Crippen LogP contribution < -0.4 is 10.1 Å². The molecule has 3 aromatic carbocycles. The third-order valence-electron chi connectivity index (χ3n) is 4.06. The fraction of sp³-hybridized carbons (Fsp3) is 0.0435. The summed E-state index contributed by atoms with van der Waals surface area (Å²) in [5.74, 6) is 2.36. The number of aromatic nitrogens is 2. The largest absolute Gasteiger partial charge is 0.457 e. The van der Waals surface area contributed by atoms with Crippen molar-refractivity contribution in [3.05, 3.63) is 103 Å². The van der Waals surface area contributed by atoms with Crippen LogP contribution in [0, 0.1) is 0 Å². The molecule has 0 radical (unpaired) electrons. The first-order valence-electron chi connectivity index (χ1n) is 8.80. The van der Waals surface area contributed by atoms with Gasteiger partial charge in [0.05, 0.1) is 0 Å². The van der Waals surface area contributed by atoms with Crippen molar-refractivity contribution in [1.29, 1.82) is 0 Å². The van der Waals surface area contributed by atoms with Gasteiger partial charge in [0.25, 0.3) is 0 Å². The molecule has 0 aliphatic carbocycles. The van der Waals surface area contributed by atoms with Crippen LogP contribution >= 0.6 is 0 Å². The normalized spacial score (nSPS) is 10.4. The summed E-state index contributed by atoms with van der Waals surface area (Å²) < 4.78 is 5.89. The van der Waals surface area contributed by atoms with Gasteiger partial charge in [0.15, 0.2) is 5.82 Å². The number of nitrogens with zero attached hydrogens (tertiary/aromatic N) is 2. The third-order valence-corrected chi connectivity index (χ3v) is 4.06. The number of ether oxygens (including phenoxy) is 1.